The Morgan fingerprint density at radius 1 is 1.38 bits per heavy atom. The minimum atomic E-state index is 0.493. The predicted octanol–water partition coefficient (Wildman–Crippen LogP) is 3.03. The highest BCUT2D eigenvalue weighted by Crippen LogP contribution is 2.16. The van der Waals surface area contributed by atoms with Crippen LogP contribution in [0.15, 0.2) is 16.7 Å². The molecule has 1 saturated carbocycles. The van der Waals surface area contributed by atoms with Gasteiger partial charge in [0.15, 0.2) is 0 Å². The largest absolute Gasteiger partial charge is 0.468 e. The molecule has 0 aromatic carbocycles. The van der Waals surface area contributed by atoms with E-state index in [1.54, 1.807) is 6.26 Å². The molecule has 13 heavy (non-hydrogen) atoms. The van der Waals surface area contributed by atoms with E-state index < -0.39 is 0 Å². The molecule has 0 saturated heterocycles. The third kappa shape index (κ3) is 4.13. The molecule has 1 fully saturated rings. The zero-order valence-corrected chi connectivity index (χ0v) is 8.55. The van der Waals surface area contributed by atoms with E-state index in [0.29, 0.717) is 12.5 Å². The number of hydrogen-bond acceptors (Lipinski definition) is 2. The average Bonchev–Trinajstić information content (AvgIpc) is 2.90. The zero-order valence-electron chi connectivity index (χ0n) is 8.55. The van der Waals surface area contributed by atoms with Gasteiger partial charge in [0.05, 0.1) is 12.8 Å². The van der Waals surface area contributed by atoms with Gasteiger partial charge in [-0.25, -0.2) is 0 Å². The van der Waals surface area contributed by atoms with E-state index in [0.717, 1.165) is 5.76 Å². The van der Waals surface area contributed by atoms with Crippen molar-refractivity contribution in [1.82, 2.24) is 0 Å². The van der Waals surface area contributed by atoms with Crippen molar-refractivity contribution in [3.05, 3.63) is 23.7 Å². The van der Waals surface area contributed by atoms with Crippen molar-refractivity contribution in [3.63, 3.8) is 0 Å². The smallest absolute Gasteiger partial charge is 0.117 e. The molecule has 2 rings (SSSR count). The molecule has 1 aliphatic rings. The summed E-state index contributed by atoms with van der Waals surface area (Å²) >= 11 is 0. The van der Waals surface area contributed by atoms with Crippen molar-refractivity contribution in [1.29, 1.82) is 0 Å². The summed E-state index contributed by atoms with van der Waals surface area (Å²) in [5.74, 6) is 1.40. The average molecular weight is 181 g/mol. The molecular weight excluding hydrogens is 162 g/mol. The van der Waals surface area contributed by atoms with Crippen molar-refractivity contribution < 1.29 is 4.42 Å². The number of nitrogens with two attached hydrogens (primary N) is 1. The highest BCUT2D eigenvalue weighted by molar-refractivity contribution is 5.15. The molecule has 1 heterocycles. The van der Waals surface area contributed by atoms with Gasteiger partial charge in [-0.1, -0.05) is 33.1 Å². The first-order valence-corrected chi connectivity index (χ1v) is 5.01. The molecule has 0 bridgehead atoms. The lowest BCUT2D eigenvalue weighted by atomic mass is 10.1. The maximum absolute atomic E-state index is 5.37. The normalized spacial score (nSPS) is 13.8. The Bertz CT molecular complexity index is 235. The minimum Gasteiger partial charge on any atom is -0.468 e. The maximum atomic E-state index is 5.37. The fourth-order valence-electron chi connectivity index (χ4n) is 0.807. The summed E-state index contributed by atoms with van der Waals surface area (Å²) in [5, 5.41) is 0. The van der Waals surface area contributed by atoms with Crippen molar-refractivity contribution in [3.8, 4) is 0 Å². The number of hydrogen-bond donors (Lipinski definition) is 1. The summed E-state index contributed by atoms with van der Waals surface area (Å²) < 4.78 is 5.15. The van der Waals surface area contributed by atoms with Gasteiger partial charge in [-0.3, -0.25) is 0 Å². The summed E-state index contributed by atoms with van der Waals surface area (Å²) in [4.78, 5) is 0. The molecule has 1 aromatic heterocycles. The summed E-state index contributed by atoms with van der Waals surface area (Å²) in [7, 11) is 0. The lowest BCUT2D eigenvalue weighted by Crippen LogP contribution is -1.93. The SMILES string of the molecule is C1CC1.CC(C)c1coc(CN)c1. The van der Waals surface area contributed by atoms with Crippen LogP contribution in [0, 0.1) is 0 Å². The number of furan rings is 1. The Kier molecular flexibility index (Phi) is 4.03. The molecular formula is C11H19NO. The molecule has 0 radical (unpaired) electrons. The predicted molar refractivity (Wildman–Crippen MR) is 54.5 cm³/mol. The van der Waals surface area contributed by atoms with Gasteiger partial charge < -0.3 is 10.2 Å². The molecule has 1 aromatic rings. The fourth-order valence-corrected chi connectivity index (χ4v) is 0.807. The zero-order chi connectivity index (χ0) is 9.68. The van der Waals surface area contributed by atoms with Gasteiger partial charge in [-0.15, -0.1) is 0 Å². The molecule has 0 amide bonds. The first kappa shape index (κ1) is 10.3. The van der Waals surface area contributed by atoms with Crippen LogP contribution in [0.5, 0.6) is 0 Å². The molecule has 0 aliphatic heterocycles. The van der Waals surface area contributed by atoms with Crippen molar-refractivity contribution in [2.75, 3.05) is 0 Å². The van der Waals surface area contributed by atoms with Crippen LogP contribution < -0.4 is 5.73 Å². The fraction of sp³-hybridized carbons (Fsp3) is 0.636. The van der Waals surface area contributed by atoms with Crippen molar-refractivity contribution >= 4 is 0 Å². The van der Waals surface area contributed by atoms with Gasteiger partial charge in [-0.05, 0) is 17.5 Å². The first-order chi connectivity index (χ1) is 6.24. The van der Waals surface area contributed by atoms with Crippen LogP contribution in [0.2, 0.25) is 0 Å². The third-order valence-electron chi connectivity index (χ3n) is 1.90. The van der Waals surface area contributed by atoms with Gasteiger partial charge >= 0.3 is 0 Å². The Morgan fingerprint density at radius 3 is 2.23 bits per heavy atom. The molecule has 0 atom stereocenters. The van der Waals surface area contributed by atoms with E-state index in [4.69, 9.17) is 10.2 Å². The van der Waals surface area contributed by atoms with Gasteiger partial charge in [0.25, 0.3) is 0 Å². The topological polar surface area (TPSA) is 39.2 Å². The quantitative estimate of drug-likeness (QED) is 0.761. The summed E-state index contributed by atoms with van der Waals surface area (Å²) in [5.41, 5.74) is 6.59. The Morgan fingerprint density at radius 2 is 2.00 bits per heavy atom. The van der Waals surface area contributed by atoms with Crippen LogP contribution in [0.4, 0.5) is 0 Å². The lowest BCUT2D eigenvalue weighted by molar-refractivity contribution is 0.509. The van der Waals surface area contributed by atoms with Crippen LogP contribution in [0.25, 0.3) is 0 Å². The van der Waals surface area contributed by atoms with Crippen LogP contribution in [0.1, 0.15) is 50.4 Å². The molecule has 2 heteroatoms. The summed E-state index contributed by atoms with van der Waals surface area (Å²) in [6.07, 6.45) is 6.27. The van der Waals surface area contributed by atoms with Crippen LogP contribution in [-0.2, 0) is 6.54 Å². The van der Waals surface area contributed by atoms with Crippen molar-refractivity contribution in [2.45, 2.75) is 45.6 Å². The van der Waals surface area contributed by atoms with E-state index in [2.05, 4.69) is 13.8 Å². The molecule has 0 spiro atoms. The van der Waals surface area contributed by atoms with Crippen LogP contribution >= 0.6 is 0 Å². The van der Waals surface area contributed by atoms with E-state index in [1.807, 2.05) is 6.07 Å². The van der Waals surface area contributed by atoms with Gasteiger partial charge in [0.1, 0.15) is 5.76 Å². The molecule has 2 N–H and O–H groups in total. The van der Waals surface area contributed by atoms with Gasteiger partial charge in [-0.2, -0.15) is 0 Å². The van der Waals surface area contributed by atoms with Crippen molar-refractivity contribution in [2.24, 2.45) is 5.73 Å². The minimum absolute atomic E-state index is 0.493. The van der Waals surface area contributed by atoms with E-state index in [1.165, 1.54) is 24.8 Å². The van der Waals surface area contributed by atoms with Gasteiger partial charge in [0, 0.05) is 0 Å². The third-order valence-corrected chi connectivity index (χ3v) is 1.90. The van der Waals surface area contributed by atoms with E-state index >= 15 is 0 Å². The monoisotopic (exact) mass is 181 g/mol. The second-order valence-corrected chi connectivity index (χ2v) is 3.77. The summed E-state index contributed by atoms with van der Waals surface area (Å²) in [6, 6.07) is 2.00. The Balaban J connectivity index is 0.000000236. The second-order valence-electron chi connectivity index (χ2n) is 3.77. The standard InChI is InChI=1S/C8H13NO.C3H6/c1-6(2)7-3-8(4-9)10-5-7;1-2-3-1/h3,5-6H,4,9H2,1-2H3;1-3H2. The second kappa shape index (κ2) is 5.07. The van der Waals surface area contributed by atoms with E-state index in [-0.39, 0.29) is 0 Å². The van der Waals surface area contributed by atoms with Crippen LogP contribution in [-0.4, -0.2) is 0 Å². The molecule has 74 valence electrons. The molecule has 0 unspecified atom stereocenters. The first-order valence-electron chi connectivity index (χ1n) is 5.01. The van der Waals surface area contributed by atoms with Gasteiger partial charge in [0.2, 0.25) is 0 Å². The number of rotatable bonds is 2. The lowest BCUT2D eigenvalue weighted by Gasteiger charge is -1.95. The molecule has 2 nitrogen and oxygen atoms in total. The maximum Gasteiger partial charge on any atom is 0.117 e. The Labute approximate surface area is 80.1 Å². The van der Waals surface area contributed by atoms with E-state index in [9.17, 15) is 0 Å². The highest BCUT2D eigenvalue weighted by Gasteiger charge is 2.02. The summed E-state index contributed by atoms with van der Waals surface area (Å²) in [6.45, 7) is 4.75. The van der Waals surface area contributed by atoms with Crippen LogP contribution in [0.3, 0.4) is 0 Å². The Hall–Kier alpha value is -0.760. The molecule has 1 aliphatic carbocycles. The highest BCUT2D eigenvalue weighted by atomic mass is 16.3.